The Kier molecular flexibility index (Phi) is 8.00. The molecule has 0 heterocycles. The number of sulfonamides is 1. The van der Waals surface area contributed by atoms with Crippen molar-refractivity contribution in [3.05, 3.63) is 18.2 Å². The lowest BCUT2D eigenvalue weighted by atomic mass is 10.2. The van der Waals surface area contributed by atoms with Gasteiger partial charge in [0.05, 0.1) is 25.7 Å². The third kappa shape index (κ3) is 6.01. The highest BCUT2D eigenvalue weighted by molar-refractivity contribution is 7.89. The number of carbonyl (C=O) groups is 1. The van der Waals surface area contributed by atoms with Crippen LogP contribution >= 0.6 is 0 Å². The summed E-state index contributed by atoms with van der Waals surface area (Å²) in [6.07, 6.45) is 1.41. The van der Waals surface area contributed by atoms with E-state index in [0.29, 0.717) is 23.6 Å². The molecule has 0 aromatic heterocycles. The minimum Gasteiger partial charge on any atom is -0.497 e. The fourth-order valence-corrected chi connectivity index (χ4v) is 3.39. The van der Waals surface area contributed by atoms with Gasteiger partial charge in [0.1, 0.15) is 11.5 Å². The van der Waals surface area contributed by atoms with Crippen molar-refractivity contribution in [3.63, 3.8) is 0 Å². The molecule has 0 unspecified atom stereocenters. The lowest BCUT2D eigenvalue weighted by molar-refractivity contribution is -0.116. The lowest BCUT2D eigenvalue weighted by Gasteiger charge is -2.24. The minimum absolute atomic E-state index is 0.0893. The number of benzene rings is 1. The van der Waals surface area contributed by atoms with Gasteiger partial charge in [-0.15, -0.1) is 0 Å². The number of anilines is 1. The van der Waals surface area contributed by atoms with Crippen molar-refractivity contribution in [1.29, 1.82) is 0 Å². The molecule has 7 nitrogen and oxygen atoms in total. The van der Waals surface area contributed by atoms with Gasteiger partial charge in [-0.1, -0.05) is 13.3 Å². The zero-order valence-corrected chi connectivity index (χ0v) is 15.5. The summed E-state index contributed by atoms with van der Waals surface area (Å²) >= 11 is 0. The minimum atomic E-state index is -3.32. The SMILES string of the molecule is CCCCS(=O)(=O)NCCN(C(C)=O)c1cc(OC)ccc1OC. The standard InChI is InChI=1S/C16H26N2O5S/c1-5-6-11-24(20,21)17-9-10-18(13(2)19)15-12-14(22-3)7-8-16(15)23-4/h7-8,12,17H,5-6,9-11H2,1-4H3. The summed E-state index contributed by atoms with van der Waals surface area (Å²) in [6, 6.07) is 5.12. The Morgan fingerprint density at radius 3 is 2.50 bits per heavy atom. The highest BCUT2D eigenvalue weighted by atomic mass is 32.2. The molecular formula is C16H26N2O5S. The number of amides is 1. The molecule has 0 aliphatic heterocycles. The quantitative estimate of drug-likeness (QED) is 0.689. The number of nitrogens with zero attached hydrogens (tertiary/aromatic N) is 1. The number of rotatable bonds is 10. The third-order valence-corrected chi connectivity index (χ3v) is 4.95. The number of methoxy groups -OCH3 is 2. The summed E-state index contributed by atoms with van der Waals surface area (Å²) in [5, 5.41) is 0. The predicted molar refractivity (Wildman–Crippen MR) is 94.3 cm³/mol. The number of unbranched alkanes of at least 4 members (excludes halogenated alkanes) is 1. The van der Waals surface area contributed by atoms with Gasteiger partial charge in [0.15, 0.2) is 0 Å². The number of carbonyl (C=O) groups excluding carboxylic acids is 1. The Morgan fingerprint density at radius 1 is 1.25 bits per heavy atom. The molecule has 1 N–H and O–H groups in total. The van der Waals surface area contributed by atoms with Crippen molar-refractivity contribution in [2.45, 2.75) is 26.7 Å². The Morgan fingerprint density at radius 2 is 1.96 bits per heavy atom. The average Bonchev–Trinajstić information content (AvgIpc) is 2.56. The van der Waals surface area contributed by atoms with Crippen molar-refractivity contribution < 1.29 is 22.7 Å². The second kappa shape index (κ2) is 9.48. The van der Waals surface area contributed by atoms with Crippen LogP contribution in [0.3, 0.4) is 0 Å². The molecule has 1 rings (SSSR count). The molecule has 1 amide bonds. The summed E-state index contributed by atoms with van der Waals surface area (Å²) in [7, 11) is -0.275. The molecule has 0 radical (unpaired) electrons. The Bertz CT molecular complexity index is 646. The Labute approximate surface area is 144 Å². The van der Waals surface area contributed by atoms with Crippen LogP contribution in [0.15, 0.2) is 18.2 Å². The smallest absolute Gasteiger partial charge is 0.224 e. The van der Waals surface area contributed by atoms with Crippen LogP contribution in [0, 0.1) is 0 Å². The van der Waals surface area contributed by atoms with E-state index >= 15 is 0 Å². The molecule has 136 valence electrons. The number of hydrogen-bond donors (Lipinski definition) is 1. The van der Waals surface area contributed by atoms with Crippen LogP contribution in [0.5, 0.6) is 11.5 Å². The first-order chi connectivity index (χ1) is 11.3. The van der Waals surface area contributed by atoms with Gasteiger partial charge in [-0.2, -0.15) is 0 Å². The zero-order chi connectivity index (χ0) is 18.2. The van der Waals surface area contributed by atoms with Crippen LogP contribution in [0.2, 0.25) is 0 Å². The summed E-state index contributed by atoms with van der Waals surface area (Å²) in [5.74, 6) is 0.973. The van der Waals surface area contributed by atoms with Gasteiger partial charge in [-0.05, 0) is 18.6 Å². The summed E-state index contributed by atoms with van der Waals surface area (Å²) in [6.45, 7) is 3.68. The van der Waals surface area contributed by atoms with Gasteiger partial charge < -0.3 is 14.4 Å². The second-order valence-electron chi connectivity index (χ2n) is 5.28. The molecule has 0 saturated carbocycles. The van der Waals surface area contributed by atoms with Gasteiger partial charge in [0.2, 0.25) is 15.9 Å². The fourth-order valence-electron chi connectivity index (χ4n) is 2.17. The molecule has 0 bridgehead atoms. The van der Waals surface area contributed by atoms with Crippen LogP contribution < -0.4 is 19.1 Å². The van der Waals surface area contributed by atoms with E-state index in [1.165, 1.54) is 26.0 Å². The molecule has 0 atom stereocenters. The van der Waals surface area contributed by atoms with E-state index in [1.807, 2.05) is 6.92 Å². The first-order valence-electron chi connectivity index (χ1n) is 7.82. The third-order valence-electron chi connectivity index (χ3n) is 3.48. The molecule has 24 heavy (non-hydrogen) atoms. The van der Waals surface area contributed by atoms with E-state index < -0.39 is 10.0 Å². The van der Waals surface area contributed by atoms with Gasteiger partial charge in [0, 0.05) is 26.1 Å². The first-order valence-corrected chi connectivity index (χ1v) is 9.47. The Hall–Kier alpha value is -1.80. The number of ether oxygens (including phenoxy) is 2. The van der Waals surface area contributed by atoms with Crippen molar-refractivity contribution in [1.82, 2.24) is 4.72 Å². The molecule has 0 spiro atoms. The monoisotopic (exact) mass is 358 g/mol. The lowest BCUT2D eigenvalue weighted by Crippen LogP contribution is -2.38. The van der Waals surface area contributed by atoms with E-state index in [4.69, 9.17) is 9.47 Å². The van der Waals surface area contributed by atoms with Crippen LogP contribution in [-0.4, -0.2) is 47.4 Å². The van der Waals surface area contributed by atoms with Crippen LogP contribution in [0.25, 0.3) is 0 Å². The van der Waals surface area contributed by atoms with Crippen molar-refractivity contribution in [2.75, 3.05) is 38.0 Å². The summed E-state index contributed by atoms with van der Waals surface area (Å²) < 4.78 is 36.7. The van der Waals surface area contributed by atoms with Gasteiger partial charge in [0.25, 0.3) is 0 Å². The molecule has 1 aromatic rings. The molecular weight excluding hydrogens is 332 g/mol. The topological polar surface area (TPSA) is 84.9 Å². The highest BCUT2D eigenvalue weighted by Gasteiger charge is 2.18. The number of nitrogens with one attached hydrogen (secondary N) is 1. The summed E-state index contributed by atoms with van der Waals surface area (Å²) in [5.41, 5.74) is 0.539. The van der Waals surface area contributed by atoms with E-state index in [9.17, 15) is 13.2 Å². The maximum absolute atomic E-state index is 12.0. The van der Waals surface area contributed by atoms with Crippen LogP contribution in [0.1, 0.15) is 26.7 Å². The molecule has 0 fully saturated rings. The molecule has 8 heteroatoms. The fraction of sp³-hybridized carbons (Fsp3) is 0.562. The molecule has 0 aliphatic rings. The van der Waals surface area contributed by atoms with E-state index in [-0.39, 0.29) is 24.7 Å². The maximum Gasteiger partial charge on any atom is 0.224 e. The molecule has 0 saturated heterocycles. The Balaban J connectivity index is 2.87. The van der Waals surface area contributed by atoms with E-state index in [0.717, 1.165) is 6.42 Å². The van der Waals surface area contributed by atoms with Gasteiger partial charge in [-0.25, -0.2) is 13.1 Å². The van der Waals surface area contributed by atoms with Crippen molar-refractivity contribution in [3.8, 4) is 11.5 Å². The molecule has 0 aliphatic carbocycles. The maximum atomic E-state index is 12.0. The van der Waals surface area contributed by atoms with Crippen molar-refractivity contribution >= 4 is 21.6 Å². The van der Waals surface area contributed by atoms with Crippen LogP contribution in [0.4, 0.5) is 5.69 Å². The van der Waals surface area contributed by atoms with Gasteiger partial charge in [-0.3, -0.25) is 4.79 Å². The normalized spacial score (nSPS) is 11.2. The zero-order valence-electron chi connectivity index (χ0n) is 14.7. The number of hydrogen-bond acceptors (Lipinski definition) is 5. The van der Waals surface area contributed by atoms with Crippen LogP contribution in [-0.2, 0) is 14.8 Å². The summed E-state index contributed by atoms with van der Waals surface area (Å²) in [4.78, 5) is 13.5. The largest absolute Gasteiger partial charge is 0.497 e. The highest BCUT2D eigenvalue weighted by Crippen LogP contribution is 2.32. The van der Waals surface area contributed by atoms with E-state index in [2.05, 4.69) is 4.72 Å². The average molecular weight is 358 g/mol. The van der Waals surface area contributed by atoms with E-state index in [1.54, 1.807) is 18.2 Å². The first kappa shape index (κ1) is 20.2. The van der Waals surface area contributed by atoms with Crippen molar-refractivity contribution in [2.24, 2.45) is 0 Å². The molecule has 1 aromatic carbocycles. The predicted octanol–water partition coefficient (Wildman–Crippen LogP) is 1.78. The van der Waals surface area contributed by atoms with Gasteiger partial charge >= 0.3 is 0 Å². The second-order valence-corrected chi connectivity index (χ2v) is 7.20.